The lowest BCUT2D eigenvalue weighted by molar-refractivity contribution is -0.130. The van der Waals surface area contributed by atoms with E-state index in [9.17, 15) is 4.79 Å². The third-order valence-corrected chi connectivity index (χ3v) is 6.81. The molecule has 0 radical (unpaired) electrons. The summed E-state index contributed by atoms with van der Waals surface area (Å²) in [5, 5.41) is 1.32. The Balaban J connectivity index is 1.40. The number of anilines is 2. The van der Waals surface area contributed by atoms with Crippen LogP contribution in [0.3, 0.4) is 0 Å². The van der Waals surface area contributed by atoms with Crippen LogP contribution in [0.5, 0.6) is 0 Å². The van der Waals surface area contributed by atoms with Gasteiger partial charge in [0.15, 0.2) is 0 Å². The number of para-hydroxylation sites is 2. The molecule has 0 aromatic heterocycles. The summed E-state index contributed by atoms with van der Waals surface area (Å²) >= 11 is 12.6. The van der Waals surface area contributed by atoms with E-state index < -0.39 is 0 Å². The smallest absolute Gasteiger partial charge is 0.246 e. The second-order valence-electron chi connectivity index (χ2n) is 8.20. The van der Waals surface area contributed by atoms with Gasteiger partial charge in [-0.15, -0.1) is 0 Å². The van der Waals surface area contributed by atoms with Crippen molar-refractivity contribution < 1.29 is 9.53 Å². The summed E-state index contributed by atoms with van der Waals surface area (Å²) < 4.78 is 5.71. The summed E-state index contributed by atoms with van der Waals surface area (Å²) in [7, 11) is 0. The summed E-state index contributed by atoms with van der Waals surface area (Å²) in [5.41, 5.74) is 3.11. The fraction of sp³-hybridized carbons (Fsp3) is 0.435. The number of carbonyl (C=O) groups excluding carboxylic acids is 1. The molecule has 30 heavy (non-hydrogen) atoms. The molecular weight excluding hydrogens is 421 g/mol. The van der Waals surface area contributed by atoms with Crippen LogP contribution in [-0.2, 0) is 16.1 Å². The molecule has 2 aromatic carbocycles. The molecule has 1 saturated carbocycles. The first-order valence-electron chi connectivity index (χ1n) is 10.5. The van der Waals surface area contributed by atoms with E-state index in [1.807, 2.05) is 23.1 Å². The summed E-state index contributed by atoms with van der Waals surface area (Å²) in [6.07, 6.45) is 2.49. The zero-order chi connectivity index (χ0) is 20.7. The Labute approximate surface area is 187 Å². The Hall–Kier alpha value is -1.79. The number of morpholine rings is 1. The van der Waals surface area contributed by atoms with E-state index in [0.717, 1.165) is 17.8 Å². The molecule has 0 unspecified atom stereocenters. The summed E-state index contributed by atoms with van der Waals surface area (Å²) in [6, 6.07) is 14.0. The van der Waals surface area contributed by atoms with Crippen molar-refractivity contribution in [2.75, 3.05) is 42.6 Å². The quantitative estimate of drug-likeness (QED) is 0.705. The number of carbonyl (C=O) groups is 1. The number of amides is 1. The van der Waals surface area contributed by atoms with Crippen LogP contribution in [0.4, 0.5) is 11.4 Å². The van der Waals surface area contributed by atoms with Crippen molar-refractivity contribution in [2.24, 2.45) is 0 Å². The molecule has 7 heteroatoms. The Morgan fingerprint density at radius 1 is 1.03 bits per heavy atom. The Morgan fingerprint density at radius 2 is 1.83 bits per heavy atom. The van der Waals surface area contributed by atoms with Gasteiger partial charge in [0, 0.05) is 42.3 Å². The molecular formula is C23H25Cl2N3O2. The molecule has 1 saturated heterocycles. The molecule has 3 aliphatic rings. The first-order chi connectivity index (χ1) is 14.6. The van der Waals surface area contributed by atoms with Crippen molar-refractivity contribution in [1.29, 1.82) is 0 Å². The van der Waals surface area contributed by atoms with E-state index in [2.05, 4.69) is 28.0 Å². The number of ether oxygens (including phenoxy) is 1. The number of rotatable bonds is 4. The van der Waals surface area contributed by atoms with E-state index in [4.69, 9.17) is 27.9 Å². The van der Waals surface area contributed by atoms with E-state index in [0.29, 0.717) is 48.9 Å². The van der Waals surface area contributed by atoms with Crippen LogP contribution in [0.15, 0.2) is 42.5 Å². The second-order valence-corrected chi connectivity index (χ2v) is 9.04. The SMILES string of the molecule is O=C([C@@H]1COCCN1Cc1cc(Cl)ccc1Cl)N1CCN(C2CC2)c2ccccc21. The van der Waals surface area contributed by atoms with Gasteiger partial charge in [-0.3, -0.25) is 9.69 Å². The fourth-order valence-corrected chi connectivity index (χ4v) is 4.87. The Morgan fingerprint density at radius 3 is 2.63 bits per heavy atom. The minimum Gasteiger partial charge on any atom is -0.378 e. The van der Waals surface area contributed by atoms with E-state index in [1.165, 1.54) is 18.5 Å². The number of halogens is 2. The van der Waals surface area contributed by atoms with E-state index >= 15 is 0 Å². The molecule has 2 aromatic rings. The lowest BCUT2D eigenvalue weighted by Crippen LogP contribution is -2.57. The van der Waals surface area contributed by atoms with Crippen LogP contribution in [0.2, 0.25) is 10.0 Å². The van der Waals surface area contributed by atoms with Gasteiger partial charge in [0.25, 0.3) is 0 Å². The molecule has 2 fully saturated rings. The standard InChI is InChI=1S/C23H25Cl2N3O2/c24-17-5-8-19(25)16(13-17)14-26-11-12-30-15-22(26)23(29)28-10-9-27(18-6-7-18)20-3-1-2-4-21(20)28/h1-5,8,13,18,22H,6-7,9-12,14-15H2/t22-/m0/s1. The van der Waals surface area contributed by atoms with Crippen molar-refractivity contribution in [3.05, 3.63) is 58.1 Å². The summed E-state index contributed by atoms with van der Waals surface area (Å²) in [5.74, 6) is 0.0933. The number of hydrogen-bond acceptors (Lipinski definition) is 4. The molecule has 1 aliphatic carbocycles. The molecule has 5 nitrogen and oxygen atoms in total. The highest BCUT2D eigenvalue weighted by Crippen LogP contribution is 2.40. The summed E-state index contributed by atoms with van der Waals surface area (Å²) in [6.45, 7) is 3.83. The number of benzene rings is 2. The van der Waals surface area contributed by atoms with Crippen molar-refractivity contribution >= 4 is 40.5 Å². The first-order valence-corrected chi connectivity index (χ1v) is 11.3. The minimum atomic E-state index is -0.339. The second kappa shape index (κ2) is 8.39. The van der Waals surface area contributed by atoms with Crippen LogP contribution in [0.25, 0.3) is 0 Å². The zero-order valence-corrected chi connectivity index (χ0v) is 18.3. The maximum Gasteiger partial charge on any atom is 0.246 e. The topological polar surface area (TPSA) is 36.0 Å². The molecule has 1 amide bonds. The average Bonchev–Trinajstić information content (AvgIpc) is 3.61. The average molecular weight is 446 g/mol. The molecule has 2 heterocycles. The minimum absolute atomic E-state index is 0.0933. The Bertz CT molecular complexity index is 950. The first kappa shape index (κ1) is 20.1. The Kier molecular flexibility index (Phi) is 5.63. The van der Waals surface area contributed by atoms with Crippen molar-refractivity contribution in [3.63, 3.8) is 0 Å². The third-order valence-electron chi connectivity index (χ3n) is 6.21. The van der Waals surface area contributed by atoms with Crippen LogP contribution in [-0.4, -0.2) is 55.7 Å². The maximum absolute atomic E-state index is 13.7. The van der Waals surface area contributed by atoms with E-state index in [-0.39, 0.29) is 11.9 Å². The van der Waals surface area contributed by atoms with E-state index in [1.54, 1.807) is 6.07 Å². The highest BCUT2D eigenvalue weighted by atomic mass is 35.5. The van der Waals surface area contributed by atoms with Crippen molar-refractivity contribution in [2.45, 2.75) is 31.5 Å². The molecule has 158 valence electrons. The highest BCUT2D eigenvalue weighted by Gasteiger charge is 2.39. The van der Waals surface area contributed by atoms with Gasteiger partial charge < -0.3 is 14.5 Å². The number of hydrogen-bond donors (Lipinski definition) is 0. The van der Waals surface area contributed by atoms with Crippen molar-refractivity contribution in [3.8, 4) is 0 Å². The van der Waals surface area contributed by atoms with Gasteiger partial charge in [-0.05, 0) is 48.7 Å². The van der Waals surface area contributed by atoms with Gasteiger partial charge in [0.1, 0.15) is 6.04 Å². The van der Waals surface area contributed by atoms with Crippen LogP contribution >= 0.6 is 23.2 Å². The number of fused-ring (bicyclic) bond motifs is 1. The fourth-order valence-electron chi connectivity index (χ4n) is 4.50. The lowest BCUT2D eigenvalue weighted by atomic mass is 10.1. The van der Waals surface area contributed by atoms with Crippen LogP contribution in [0.1, 0.15) is 18.4 Å². The molecule has 2 aliphatic heterocycles. The van der Waals surface area contributed by atoms with Gasteiger partial charge in [0.2, 0.25) is 5.91 Å². The molecule has 0 spiro atoms. The van der Waals surface area contributed by atoms with Crippen LogP contribution in [0, 0.1) is 0 Å². The highest BCUT2D eigenvalue weighted by molar-refractivity contribution is 6.33. The van der Waals surface area contributed by atoms with Crippen LogP contribution < -0.4 is 9.80 Å². The van der Waals surface area contributed by atoms with Gasteiger partial charge >= 0.3 is 0 Å². The van der Waals surface area contributed by atoms with Gasteiger partial charge in [-0.25, -0.2) is 0 Å². The summed E-state index contributed by atoms with van der Waals surface area (Å²) in [4.78, 5) is 20.3. The molecule has 0 N–H and O–H groups in total. The normalized spacial score (nSPS) is 22.1. The number of nitrogens with zero attached hydrogens (tertiary/aromatic N) is 3. The maximum atomic E-state index is 13.7. The molecule has 5 rings (SSSR count). The predicted molar refractivity (Wildman–Crippen MR) is 121 cm³/mol. The predicted octanol–water partition coefficient (Wildman–Crippen LogP) is 4.21. The van der Waals surface area contributed by atoms with Gasteiger partial charge in [-0.1, -0.05) is 35.3 Å². The van der Waals surface area contributed by atoms with Gasteiger partial charge in [0.05, 0.1) is 24.6 Å². The zero-order valence-electron chi connectivity index (χ0n) is 16.8. The van der Waals surface area contributed by atoms with Gasteiger partial charge in [-0.2, -0.15) is 0 Å². The van der Waals surface area contributed by atoms with Crippen molar-refractivity contribution in [1.82, 2.24) is 4.90 Å². The monoisotopic (exact) mass is 445 g/mol. The largest absolute Gasteiger partial charge is 0.378 e. The lowest BCUT2D eigenvalue weighted by Gasteiger charge is -2.42. The molecule has 0 bridgehead atoms. The third kappa shape index (κ3) is 3.92. The molecule has 1 atom stereocenters.